The molecule has 2 N–H and O–H groups in total. The molecule has 1 unspecified atom stereocenters. The van der Waals surface area contributed by atoms with Gasteiger partial charge in [-0.15, -0.1) is 5.10 Å². The van der Waals surface area contributed by atoms with Crippen LogP contribution in [0.4, 0.5) is 10.6 Å². The molecule has 0 bridgehead atoms. The molecule has 1 atom stereocenters. The van der Waals surface area contributed by atoms with Gasteiger partial charge in [-0.05, 0) is 19.4 Å². The number of aromatic nitrogens is 3. The van der Waals surface area contributed by atoms with Crippen LogP contribution in [0.15, 0.2) is 36.5 Å². The van der Waals surface area contributed by atoms with E-state index in [0.717, 1.165) is 5.56 Å². The van der Waals surface area contributed by atoms with Gasteiger partial charge in [-0.2, -0.15) is 0 Å². The average molecular weight is 317 g/mol. The Morgan fingerprint density at radius 2 is 2.04 bits per heavy atom. The maximum Gasteiger partial charge on any atom is 0.412 e. The highest BCUT2D eigenvalue weighted by Crippen LogP contribution is 2.11. The molecule has 8 heteroatoms. The highest BCUT2D eigenvalue weighted by Gasteiger charge is 2.12. The maximum absolute atomic E-state index is 12.0. The SMILES string of the molecule is CCOC(=O)Nc1cn(CC(=O)NC(C)c2ccccc2)nn1. The normalized spacial score (nSPS) is 11.6. The summed E-state index contributed by atoms with van der Waals surface area (Å²) < 4.78 is 6.07. The lowest BCUT2D eigenvalue weighted by atomic mass is 10.1. The molecule has 2 amide bonds. The van der Waals surface area contributed by atoms with Crippen molar-refractivity contribution in [1.29, 1.82) is 0 Å². The fourth-order valence-electron chi connectivity index (χ4n) is 1.96. The molecule has 0 fully saturated rings. The zero-order valence-corrected chi connectivity index (χ0v) is 13.0. The molecular weight excluding hydrogens is 298 g/mol. The molecule has 0 aliphatic rings. The first-order valence-electron chi connectivity index (χ1n) is 7.26. The highest BCUT2D eigenvalue weighted by molar-refractivity contribution is 5.83. The second-order valence-electron chi connectivity index (χ2n) is 4.85. The van der Waals surface area contributed by atoms with E-state index in [-0.39, 0.29) is 30.9 Å². The number of hydrogen-bond acceptors (Lipinski definition) is 5. The van der Waals surface area contributed by atoms with E-state index in [9.17, 15) is 9.59 Å². The Morgan fingerprint density at radius 1 is 1.30 bits per heavy atom. The van der Waals surface area contributed by atoms with Gasteiger partial charge in [-0.25, -0.2) is 9.48 Å². The zero-order valence-electron chi connectivity index (χ0n) is 13.0. The number of benzene rings is 1. The molecule has 1 heterocycles. The number of nitrogens with zero attached hydrogens (tertiary/aromatic N) is 3. The molecule has 0 radical (unpaired) electrons. The lowest BCUT2D eigenvalue weighted by molar-refractivity contribution is -0.122. The van der Waals surface area contributed by atoms with Crippen molar-refractivity contribution in [2.24, 2.45) is 0 Å². The van der Waals surface area contributed by atoms with Crippen LogP contribution in [0.25, 0.3) is 0 Å². The summed E-state index contributed by atoms with van der Waals surface area (Å²) in [5.41, 5.74) is 1.02. The molecule has 2 aromatic rings. The number of amides is 2. The van der Waals surface area contributed by atoms with E-state index >= 15 is 0 Å². The summed E-state index contributed by atoms with van der Waals surface area (Å²) in [6.45, 7) is 3.88. The molecule has 2 rings (SSSR count). The average Bonchev–Trinajstić information content (AvgIpc) is 2.95. The molecule has 0 aliphatic carbocycles. The van der Waals surface area contributed by atoms with Crippen molar-refractivity contribution in [2.75, 3.05) is 11.9 Å². The third-order valence-electron chi connectivity index (χ3n) is 3.03. The molecule has 0 spiro atoms. The summed E-state index contributed by atoms with van der Waals surface area (Å²) >= 11 is 0. The number of carbonyl (C=O) groups excluding carboxylic acids is 2. The van der Waals surface area contributed by atoms with Crippen molar-refractivity contribution in [1.82, 2.24) is 20.3 Å². The van der Waals surface area contributed by atoms with Crippen molar-refractivity contribution >= 4 is 17.8 Å². The fraction of sp³-hybridized carbons (Fsp3) is 0.333. The first-order chi connectivity index (χ1) is 11.1. The Morgan fingerprint density at radius 3 is 2.74 bits per heavy atom. The minimum atomic E-state index is -0.610. The molecule has 8 nitrogen and oxygen atoms in total. The summed E-state index contributed by atoms with van der Waals surface area (Å²) in [6, 6.07) is 9.55. The van der Waals surface area contributed by atoms with Gasteiger partial charge in [-0.1, -0.05) is 35.5 Å². The van der Waals surface area contributed by atoms with Crippen LogP contribution in [0.1, 0.15) is 25.5 Å². The monoisotopic (exact) mass is 317 g/mol. The van der Waals surface area contributed by atoms with Crippen LogP contribution in [0.5, 0.6) is 0 Å². The van der Waals surface area contributed by atoms with Crippen molar-refractivity contribution in [3.05, 3.63) is 42.1 Å². The van der Waals surface area contributed by atoms with Crippen LogP contribution < -0.4 is 10.6 Å². The van der Waals surface area contributed by atoms with E-state index in [2.05, 4.69) is 20.9 Å². The van der Waals surface area contributed by atoms with Gasteiger partial charge < -0.3 is 10.1 Å². The standard InChI is InChI=1S/C15H19N5O3/c1-3-23-15(22)17-13-9-20(19-18-13)10-14(21)16-11(2)12-7-5-4-6-8-12/h4-9,11H,3,10H2,1-2H3,(H,16,21)(H,17,22). The highest BCUT2D eigenvalue weighted by atomic mass is 16.5. The Kier molecular flexibility index (Phi) is 5.67. The maximum atomic E-state index is 12.0. The molecule has 122 valence electrons. The van der Waals surface area contributed by atoms with E-state index in [0.29, 0.717) is 0 Å². The molecular formula is C15H19N5O3. The van der Waals surface area contributed by atoms with Gasteiger partial charge in [0.25, 0.3) is 0 Å². The Balaban J connectivity index is 1.86. The number of carbonyl (C=O) groups is 2. The van der Waals surface area contributed by atoms with Crippen molar-refractivity contribution < 1.29 is 14.3 Å². The largest absolute Gasteiger partial charge is 0.450 e. The van der Waals surface area contributed by atoms with Crippen molar-refractivity contribution in [3.63, 3.8) is 0 Å². The summed E-state index contributed by atoms with van der Waals surface area (Å²) in [6.07, 6.45) is 0.852. The molecule has 0 saturated heterocycles. The summed E-state index contributed by atoms with van der Waals surface area (Å²) in [7, 11) is 0. The van der Waals surface area contributed by atoms with E-state index in [4.69, 9.17) is 4.74 Å². The predicted molar refractivity (Wildman–Crippen MR) is 83.7 cm³/mol. The zero-order chi connectivity index (χ0) is 16.7. The molecule has 0 aliphatic heterocycles. The first-order valence-corrected chi connectivity index (χ1v) is 7.26. The molecule has 23 heavy (non-hydrogen) atoms. The van der Waals surface area contributed by atoms with Gasteiger partial charge in [0.05, 0.1) is 18.8 Å². The Labute approximate surface area is 133 Å². The lowest BCUT2D eigenvalue weighted by Crippen LogP contribution is -2.30. The number of ether oxygens (including phenoxy) is 1. The van der Waals surface area contributed by atoms with Crippen LogP contribution in [0.2, 0.25) is 0 Å². The second kappa shape index (κ2) is 7.92. The van der Waals surface area contributed by atoms with Gasteiger partial charge in [0.2, 0.25) is 5.91 Å². The molecule has 1 aromatic heterocycles. The molecule has 0 saturated carbocycles. The number of rotatable bonds is 6. The number of hydrogen-bond donors (Lipinski definition) is 2. The van der Waals surface area contributed by atoms with Gasteiger partial charge in [0.15, 0.2) is 5.82 Å². The third kappa shape index (κ3) is 5.10. The summed E-state index contributed by atoms with van der Waals surface area (Å²) in [5.74, 6) is 0.0290. The van der Waals surface area contributed by atoms with Gasteiger partial charge in [-0.3, -0.25) is 10.1 Å². The smallest absolute Gasteiger partial charge is 0.412 e. The van der Waals surface area contributed by atoms with Crippen LogP contribution in [-0.4, -0.2) is 33.6 Å². The predicted octanol–water partition coefficient (Wildman–Crippen LogP) is 1.72. The van der Waals surface area contributed by atoms with E-state index in [1.807, 2.05) is 37.3 Å². The van der Waals surface area contributed by atoms with Gasteiger partial charge in [0.1, 0.15) is 6.54 Å². The van der Waals surface area contributed by atoms with Gasteiger partial charge >= 0.3 is 6.09 Å². The first kappa shape index (κ1) is 16.5. The quantitative estimate of drug-likeness (QED) is 0.845. The minimum Gasteiger partial charge on any atom is -0.450 e. The summed E-state index contributed by atoms with van der Waals surface area (Å²) in [5, 5.41) is 12.8. The third-order valence-corrected chi connectivity index (χ3v) is 3.03. The van der Waals surface area contributed by atoms with Crippen molar-refractivity contribution in [2.45, 2.75) is 26.4 Å². The Bertz CT molecular complexity index is 656. The van der Waals surface area contributed by atoms with E-state index < -0.39 is 6.09 Å². The van der Waals surface area contributed by atoms with Crippen LogP contribution >= 0.6 is 0 Å². The fourth-order valence-corrected chi connectivity index (χ4v) is 1.96. The lowest BCUT2D eigenvalue weighted by Gasteiger charge is -2.13. The topological polar surface area (TPSA) is 98.1 Å². The van der Waals surface area contributed by atoms with Gasteiger partial charge in [0, 0.05) is 0 Å². The van der Waals surface area contributed by atoms with E-state index in [1.165, 1.54) is 10.9 Å². The molecule has 1 aromatic carbocycles. The van der Waals surface area contributed by atoms with Crippen LogP contribution in [0.3, 0.4) is 0 Å². The van der Waals surface area contributed by atoms with Crippen LogP contribution in [-0.2, 0) is 16.1 Å². The van der Waals surface area contributed by atoms with Crippen LogP contribution in [0, 0.1) is 0 Å². The number of anilines is 1. The summed E-state index contributed by atoms with van der Waals surface area (Å²) in [4.78, 5) is 23.3. The Hall–Kier alpha value is -2.90. The van der Waals surface area contributed by atoms with Crippen molar-refractivity contribution in [3.8, 4) is 0 Å². The second-order valence-corrected chi connectivity index (χ2v) is 4.85. The number of nitrogens with one attached hydrogen (secondary N) is 2. The van der Waals surface area contributed by atoms with E-state index in [1.54, 1.807) is 6.92 Å². The minimum absolute atomic E-state index is 0.00861.